The molecule has 18 heavy (non-hydrogen) atoms. The van der Waals surface area contributed by atoms with Crippen molar-refractivity contribution < 1.29 is 4.79 Å². The van der Waals surface area contributed by atoms with Crippen molar-refractivity contribution >= 4 is 5.78 Å². The van der Waals surface area contributed by atoms with Gasteiger partial charge in [0.2, 0.25) is 0 Å². The van der Waals surface area contributed by atoms with Crippen LogP contribution in [-0.2, 0) is 11.2 Å². The van der Waals surface area contributed by atoms with Crippen LogP contribution in [0.3, 0.4) is 0 Å². The van der Waals surface area contributed by atoms with Crippen molar-refractivity contribution in [3.8, 4) is 0 Å². The van der Waals surface area contributed by atoms with Crippen LogP contribution in [0.4, 0.5) is 0 Å². The highest BCUT2D eigenvalue weighted by Gasteiger charge is 2.29. The van der Waals surface area contributed by atoms with Crippen LogP contribution in [0, 0.1) is 5.41 Å². The van der Waals surface area contributed by atoms with Gasteiger partial charge in [0, 0.05) is 24.2 Å². The number of nitrogens with two attached hydrogens (primary N) is 1. The minimum atomic E-state index is -0.417. The van der Waals surface area contributed by atoms with Gasteiger partial charge in [0.15, 0.2) is 0 Å². The molecule has 0 bridgehead atoms. The van der Waals surface area contributed by atoms with Crippen LogP contribution >= 0.6 is 0 Å². The molecule has 102 valence electrons. The Labute approximate surface area is 110 Å². The van der Waals surface area contributed by atoms with Crippen molar-refractivity contribution in [1.82, 2.24) is 9.78 Å². The van der Waals surface area contributed by atoms with E-state index < -0.39 is 5.41 Å². The average Bonchev–Trinajstić information content (AvgIpc) is 2.85. The highest BCUT2D eigenvalue weighted by Crippen LogP contribution is 2.22. The summed E-state index contributed by atoms with van der Waals surface area (Å²) in [5, 5.41) is 4.46. The van der Waals surface area contributed by atoms with Gasteiger partial charge in [-0.3, -0.25) is 9.48 Å². The smallest absolute Gasteiger partial charge is 0.146 e. The second kappa shape index (κ2) is 6.14. The number of aromatic nitrogens is 2. The van der Waals surface area contributed by atoms with Gasteiger partial charge in [-0.25, -0.2) is 0 Å². The van der Waals surface area contributed by atoms with Gasteiger partial charge in [0.25, 0.3) is 0 Å². The quantitative estimate of drug-likeness (QED) is 0.809. The van der Waals surface area contributed by atoms with Crippen LogP contribution in [-0.4, -0.2) is 22.1 Å². The molecule has 1 aromatic heterocycles. The zero-order valence-electron chi connectivity index (χ0n) is 11.9. The summed E-state index contributed by atoms with van der Waals surface area (Å²) in [6.07, 6.45) is 4.13. The van der Waals surface area contributed by atoms with Gasteiger partial charge >= 0.3 is 0 Å². The number of Topliss-reactive ketones (excluding diaryl/α,β-unsaturated/α-hetero) is 1. The number of carbonyl (C=O) groups is 1. The van der Waals surface area contributed by atoms with E-state index in [4.69, 9.17) is 5.73 Å². The molecule has 0 radical (unpaired) electrons. The van der Waals surface area contributed by atoms with Crippen molar-refractivity contribution in [3.05, 3.63) is 18.0 Å². The highest BCUT2D eigenvalue weighted by molar-refractivity contribution is 5.86. The monoisotopic (exact) mass is 251 g/mol. The van der Waals surface area contributed by atoms with Gasteiger partial charge in [-0.05, 0) is 25.8 Å². The molecule has 0 aliphatic heterocycles. The lowest BCUT2D eigenvalue weighted by atomic mass is 9.81. The largest absolute Gasteiger partial charge is 0.329 e. The number of carbonyl (C=O) groups excluding carboxylic acids is 1. The maximum absolute atomic E-state index is 12.2. The van der Waals surface area contributed by atoms with Gasteiger partial charge in [-0.15, -0.1) is 0 Å². The van der Waals surface area contributed by atoms with Crippen LogP contribution in [0.25, 0.3) is 0 Å². The van der Waals surface area contributed by atoms with E-state index in [1.165, 1.54) is 0 Å². The first-order chi connectivity index (χ1) is 8.46. The Morgan fingerprint density at radius 1 is 1.56 bits per heavy atom. The van der Waals surface area contributed by atoms with Crippen molar-refractivity contribution in [2.75, 3.05) is 6.54 Å². The number of hydrogen-bond acceptors (Lipinski definition) is 3. The molecule has 0 aliphatic carbocycles. The number of rotatable bonds is 7. The second-order valence-electron chi connectivity index (χ2n) is 5.26. The lowest BCUT2D eigenvalue weighted by Gasteiger charge is -2.24. The van der Waals surface area contributed by atoms with Gasteiger partial charge in [-0.2, -0.15) is 5.10 Å². The Bertz CT molecular complexity index is 393. The maximum Gasteiger partial charge on any atom is 0.146 e. The fourth-order valence-corrected chi connectivity index (χ4v) is 1.74. The van der Waals surface area contributed by atoms with E-state index in [0.29, 0.717) is 19.0 Å². The molecule has 0 saturated carbocycles. The third kappa shape index (κ3) is 3.19. The van der Waals surface area contributed by atoms with Gasteiger partial charge in [-0.1, -0.05) is 20.8 Å². The van der Waals surface area contributed by atoms with Gasteiger partial charge in [0.1, 0.15) is 5.78 Å². The summed E-state index contributed by atoms with van der Waals surface area (Å²) < 4.78 is 1.92. The molecule has 2 atom stereocenters. The van der Waals surface area contributed by atoms with E-state index in [2.05, 4.69) is 18.9 Å². The van der Waals surface area contributed by atoms with Crippen molar-refractivity contribution in [2.24, 2.45) is 11.1 Å². The minimum Gasteiger partial charge on any atom is -0.329 e. The number of hydrogen-bond donors (Lipinski definition) is 1. The predicted molar refractivity (Wildman–Crippen MR) is 73.4 cm³/mol. The summed E-state index contributed by atoms with van der Waals surface area (Å²) >= 11 is 0. The molecule has 0 fully saturated rings. The predicted octanol–water partition coefficient (Wildman–Crippen LogP) is 2.34. The molecule has 1 rings (SSSR count). The second-order valence-corrected chi connectivity index (χ2v) is 5.26. The molecule has 0 spiro atoms. The molecule has 0 amide bonds. The van der Waals surface area contributed by atoms with Crippen LogP contribution in [0.1, 0.15) is 52.3 Å². The average molecular weight is 251 g/mol. The Balaban J connectivity index is 2.73. The van der Waals surface area contributed by atoms with Crippen molar-refractivity contribution in [3.63, 3.8) is 0 Å². The first kappa shape index (κ1) is 14.9. The molecular weight excluding hydrogens is 226 g/mol. The van der Waals surface area contributed by atoms with Crippen LogP contribution in [0.5, 0.6) is 0 Å². The molecule has 0 aliphatic rings. The molecule has 1 aromatic rings. The Hall–Kier alpha value is -1.16. The van der Waals surface area contributed by atoms with E-state index in [1.54, 1.807) is 0 Å². The van der Waals surface area contributed by atoms with E-state index >= 15 is 0 Å². The standard InChI is InChI=1S/C14H25N3O/c1-5-11(3)17-8-7-12(16-17)9-13(18)14(4,6-2)10-15/h7-8,11H,5-6,9-10,15H2,1-4H3. The lowest BCUT2D eigenvalue weighted by molar-refractivity contribution is -0.127. The highest BCUT2D eigenvalue weighted by atomic mass is 16.1. The number of nitrogens with zero attached hydrogens (tertiary/aromatic N) is 2. The third-order valence-electron chi connectivity index (χ3n) is 3.95. The lowest BCUT2D eigenvalue weighted by Crippen LogP contribution is -2.36. The molecule has 4 nitrogen and oxygen atoms in total. The summed E-state index contributed by atoms with van der Waals surface area (Å²) in [5.41, 5.74) is 6.13. The van der Waals surface area contributed by atoms with Crippen LogP contribution < -0.4 is 5.73 Å². The first-order valence-corrected chi connectivity index (χ1v) is 6.74. The molecule has 1 heterocycles. The van der Waals surface area contributed by atoms with E-state index in [9.17, 15) is 4.79 Å². The molecular formula is C14H25N3O. The van der Waals surface area contributed by atoms with Crippen LogP contribution in [0.2, 0.25) is 0 Å². The Morgan fingerprint density at radius 3 is 2.72 bits per heavy atom. The number of ketones is 1. The van der Waals surface area contributed by atoms with Crippen LogP contribution in [0.15, 0.2) is 12.3 Å². The Kier molecular flexibility index (Phi) is 5.08. The van der Waals surface area contributed by atoms with Crippen molar-refractivity contribution in [1.29, 1.82) is 0 Å². The maximum atomic E-state index is 12.2. The molecule has 0 aromatic carbocycles. The summed E-state index contributed by atoms with van der Waals surface area (Å²) in [4.78, 5) is 12.2. The van der Waals surface area contributed by atoms with Gasteiger partial charge in [0.05, 0.1) is 12.1 Å². The molecule has 2 unspecified atom stereocenters. The zero-order valence-corrected chi connectivity index (χ0v) is 11.9. The first-order valence-electron chi connectivity index (χ1n) is 6.74. The molecule has 4 heteroatoms. The van der Waals surface area contributed by atoms with E-state index in [1.807, 2.05) is 30.8 Å². The topological polar surface area (TPSA) is 60.9 Å². The van der Waals surface area contributed by atoms with Crippen molar-refractivity contribution in [2.45, 2.75) is 53.0 Å². The zero-order chi connectivity index (χ0) is 13.8. The third-order valence-corrected chi connectivity index (χ3v) is 3.95. The van der Waals surface area contributed by atoms with E-state index in [-0.39, 0.29) is 5.78 Å². The Morgan fingerprint density at radius 2 is 2.22 bits per heavy atom. The minimum absolute atomic E-state index is 0.182. The fourth-order valence-electron chi connectivity index (χ4n) is 1.74. The summed E-state index contributed by atoms with van der Waals surface area (Å²) in [6.45, 7) is 8.58. The summed E-state index contributed by atoms with van der Waals surface area (Å²) in [6, 6.07) is 2.30. The normalized spacial score (nSPS) is 16.3. The SMILES string of the molecule is CCC(C)n1ccc(CC(=O)C(C)(CC)CN)n1. The summed E-state index contributed by atoms with van der Waals surface area (Å²) in [7, 11) is 0. The molecule has 2 N–H and O–H groups in total. The summed E-state index contributed by atoms with van der Waals surface area (Å²) in [5.74, 6) is 0.182. The van der Waals surface area contributed by atoms with Gasteiger partial charge < -0.3 is 5.73 Å². The van der Waals surface area contributed by atoms with E-state index in [0.717, 1.165) is 18.5 Å². The molecule has 0 saturated heterocycles. The fraction of sp³-hybridized carbons (Fsp3) is 0.714.